The molecular formula is C25H31N3O5S. The Hall–Kier alpha value is -2.62. The van der Waals surface area contributed by atoms with Gasteiger partial charge in [-0.3, -0.25) is 9.69 Å². The van der Waals surface area contributed by atoms with Gasteiger partial charge >= 0.3 is 0 Å². The number of sulfonamides is 1. The van der Waals surface area contributed by atoms with E-state index in [4.69, 9.17) is 9.47 Å². The zero-order valence-electron chi connectivity index (χ0n) is 19.3. The molecule has 0 spiro atoms. The highest BCUT2D eigenvalue weighted by molar-refractivity contribution is 7.88. The van der Waals surface area contributed by atoms with Crippen LogP contribution in [-0.4, -0.2) is 74.5 Å². The van der Waals surface area contributed by atoms with Gasteiger partial charge in [-0.2, -0.15) is 0 Å². The number of carbonyl (C=O) groups excluding carboxylic acids is 1. The molecule has 34 heavy (non-hydrogen) atoms. The van der Waals surface area contributed by atoms with E-state index in [1.54, 1.807) is 0 Å². The van der Waals surface area contributed by atoms with Crippen LogP contribution in [0.25, 0.3) is 0 Å². The predicted octanol–water partition coefficient (Wildman–Crippen LogP) is 2.30. The largest absolute Gasteiger partial charge is 0.454 e. The summed E-state index contributed by atoms with van der Waals surface area (Å²) in [5, 5.41) is 0. The van der Waals surface area contributed by atoms with E-state index in [9.17, 15) is 13.2 Å². The summed E-state index contributed by atoms with van der Waals surface area (Å²) < 4.78 is 38.3. The first-order chi connectivity index (χ1) is 16.5. The lowest BCUT2D eigenvalue weighted by Crippen LogP contribution is -2.52. The van der Waals surface area contributed by atoms with E-state index in [2.05, 4.69) is 11.0 Å². The van der Waals surface area contributed by atoms with E-state index < -0.39 is 10.0 Å². The number of piperazine rings is 1. The second-order valence-corrected chi connectivity index (χ2v) is 11.2. The molecular weight excluding hydrogens is 454 g/mol. The number of carbonyl (C=O) groups is 1. The van der Waals surface area contributed by atoms with Gasteiger partial charge in [0.1, 0.15) is 0 Å². The van der Waals surface area contributed by atoms with Gasteiger partial charge in [0.05, 0.1) is 11.7 Å². The monoisotopic (exact) mass is 485 g/mol. The minimum Gasteiger partial charge on any atom is -0.454 e. The Balaban J connectivity index is 1.14. The average molecular weight is 486 g/mol. The maximum absolute atomic E-state index is 13.2. The van der Waals surface area contributed by atoms with Crippen molar-refractivity contribution in [1.29, 1.82) is 0 Å². The molecule has 0 N–H and O–H groups in total. The Morgan fingerprint density at radius 2 is 1.68 bits per heavy atom. The van der Waals surface area contributed by atoms with E-state index in [-0.39, 0.29) is 30.9 Å². The van der Waals surface area contributed by atoms with Gasteiger partial charge in [-0.25, -0.2) is 12.7 Å². The van der Waals surface area contributed by atoms with Crippen molar-refractivity contribution in [3.63, 3.8) is 0 Å². The van der Waals surface area contributed by atoms with E-state index in [0.29, 0.717) is 26.1 Å². The summed E-state index contributed by atoms with van der Waals surface area (Å²) in [4.78, 5) is 17.5. The third-order valence-corrected chi connectivity index (χ3v) is 8.66. The van der Waals surface area contributed by atoms with E-state index in [0.717, 1.165) is 48.7 Å². The summed E-state index contributed by atoms with van der Waals surface area (Å²) in [7, 11) is -3.45. The number of hydrogen-bond acceptors (Lipinski definition) is 6. The Labute approximate surface area is 201 Å². The van der Waals surface area contributed by atoms with E-state index in [1.165, 1.54) is 4.31 Å². The van der Waals surface area contributed by atoms with Crippen LogP contribution in [0.5, 0.6) is 11.5 Å². The lowest BCUT2D eigenvalue weighted by atomic mass is 9.97. The maximum Gasteiger partial charge on any atom is 0.231 e. The van der Waals surface area contributed by atoms with Crippen LogP contribution in [0.2, 0.25) is 0 Å². The zero-order valence-corrected chi connectivity index (χ0v) is 20.1. The maximum atomic E-state index is 13.2. The highest BCUT2D eigenvalue weighted by Gasteiger charge is 2.35. The van der Waals surface area contributed by atoms with Crippen molar-refractivity contribution in [2.45, 2.75) is 25.1 Å². The Kier molecular flexibility index (Phi) is 6.76. The molecule has 1 atom stereocenters. The van der Waals surface area contributed by atoms with Gasteiger partial charge < -0.3 is 14.4 Å². The SMILES string of the molecule is O=C(C1CCCN(S(=O)(=O)Cc2ccccc2)C1)N1CCN(Cc2ccc3c(c2)OCO3)CC1. The molecule has 9 heteroatoms. The molecule has 1 amide bonds. The number of rotatable bonds is 6. The molecule has 2 fully saturated rings. The van der Waals surface area contributed by atoms with E-state index >= 15 is 0 Å². The molecule has 0 aliphatic carbocycles. The van der Waals surface area contributed by atoms with E-state index in [1.807, 2.05) is 47.4 Å². The topological polar surface area (TPSA) is 79.4 Å². The number of piperidine rings is 1. The number of hydrogen-bond donors (Lipinski definition) is 0. The molecule has 0 radical (unpaired) electrons. The van der Waals surface area contributed by atoms with Gasteiger partial charge in [-0.15, -0.1) is 0 Å². The Bertz CT molecular complexity index is 1120. The summed E-state index contributed by atoms with van der Waals surface area (Å²) in [6.07, 6.45) is 1.46. The van der Waals surface area contributed by atoms with Crippen molar-refractivity contribution in [3.8, 4) is 11.5 Å². The molecule has 182 valence electrons. The first kappa shape index (κ1) is 23.1. The minimum atomic E-state index is -3.45. The smallest absolute Gasteiger partial charge is 0.231 e. The summed E-state index contributed by atoms with van der Waals surface area (Å²) >= 11 is 0. The first-order valence-electron chi connectivity index (χ1n) is 11.9. The predicted molar refractivity (Wildman–Crippen MR) is 128 cm³/mol. The second-order valence-electron chi connectivity index (χ2n) is 9.23. The number of amides is 1. The van der Waals surface area contributed by atoms with Crippen molar-refractivity contribution in [1.82, 2.24) is 14.1 Å². The molecule has 0 aromatic heterocycles. The highest BCUT2D eigenvalue weighted by atomic mass is 32.2. The third kappa shape index (κ3) is 5.21. The Morgan fingerprint density at radius 1 is 0.912 bits per heavy atom. The molecule has 0 saturated carbocycles. The molecule has 3 heterocycles. The number of fused-ring (bicyclic) bond motifs is 1. The lowest BCUT2D eigenvalue weighted by molar-refractivity contribution is -0.138. The van der Waals surface area contributed by atoms with Gasteiger partial charge in [0.15, 0.2) is 11.5 Å². The first-order valence-corrected chi connectivity index (χ1v) is 13.5. The van der Waals surface area contributed by atoms with Crippen molar-refractivity contribution in [2.75, 3.05) is 46.1 Å². The second kappa shape index (κ2) is 9.93. The summed E-state index contributed by atoms with van der Waals surface area (Å²) in [5.74, 6) is 1.37. The van der Waals surface area contributed by atoms with Crippen LogP contribution in [0.4, 0.5) is 0 Å². The van der Waals surface area contributed by atoms with Crippen molar-refractivity contribution in [3.05, 3.63) is 59.7 Å². The normalized spacial score (nSPS) is 21.5. The van der Waals surface area contributed by atoms with Crippen LogP contribution >= 0.6 is 0 Å². The summed E-state index contributed by atoms with van der Waals surface area (Å²) in [6, 6.07) is 15.2. The van der Waals surface area contributed by atoms with Gasteiger partial charge in [0, 0.05) is 45.8 Å². The molecule has 3 aliphatic heterocycles. The van der Waals surface area contributed by atoms with Crippen LogP contribution in [0.1, 0.15) is 24.0 Å². The molecule has 1 unspecified atom stereocenters. The quantitative estimate of drug-likeness (QED) is 0.625. The van der Waals surface area contributed by atoms with Gasteiger partial charge in [0.2, 0.25) is 22.7 Å². The van der Waals surface area contributed by atoms with Crippen LogP contribution in [0.15, 0.2) is 48.5 Å². The fraction of sp³-hybridized carbons (Fsp3) is 0.480. The average Bonchev–Trinajstić information content (AvgIpc) is 3.33. The number of nitrogens with zero attached hydrogens (tertiary/aromatic N) is 3. The zero-order chi connectivity index (χ0) is 23.5. The fourth-order valence-corrected chi connectivity index (χ4v) is 6.57. The minimum absolute atomic E-state index is 0.0206. The molecule has 2 saturated heterocycles. The van der Waals surface area contributed by atoms with Crippen LogP contribution < -0.4 is 9.47 Å². The number of benzene rings is 2. The fourth-order valence-electron chi connectivity index (χ4n) is 4.95. The van der Waals surface area contributed by atoms with Crippen LogP contribution in [0, 0.1) is 5.92 Å². The lowest BCUT2D eigenvalue weighted by Gasteiger charge is -2.38. The standard InChI is InChI=1S/C25H31N3O5S/c29-25(22-7-4-10-28(17-22)34(30,31)18-20-5-2-1-3-6-20)27-13-11-26(12-14-27)16-21-8-9-23-24(15-21)33-19-32-23/h1-3,5-6,8-9,15,22H,4,7,10-14,16-19H2. The molecule has 2 aromatic carbocycles. The van der Waals surface area contributed by atoms with Crippen LogP contribution in [0.3, 0.4) is 0 Å². The molecule has 3 aliphatic rings. The van der Waals surface area contributed by atoms with Gasteiger partial charge in [-0.05, 0) is 36.1 Å². The highest BCUT2D eigenvalue weighted by Crippen LogP contribution is 2.33. The van der Waals surface area contributed by atoms with Crippen molar-refractivity contribution < 1.29 is 22.7 Å². The van der Waals surface area contributed by atoms with Crippen molar-refractivity contribution in [2.24, 2.45) is 5.92 Å². The van der Waals surface area contributed by atoms with Crippen molar-refractivity contribution >= 4 is 15.9 Å². The summed E-state index contributed by atoms with van der Waals surface area (Å²) in [5.41, 5.74) is 1.94. The molecule has 8 nitrogen and oxygen atoms in total. The van der Waals surface area contributed by atoms with Gasteiger partial charge in [-0.1, -0.05) is 36.4 Å². The Morgan fingerprint density at radius 3 is 2.47 bits per heavy atom. The molecule has 2 aromatic rings. The number of ether oxygens (including phenoxy) is 2. The summed E-state index contributed by atoms with van der Waals surface area (Å²) in [6.45, 7) is 4.76. The third-order valence-electron chi connectivity index (χ3n) is 6.85. The van der Waals surface area contributed by atoms with Crippen LogP contribution in [-0.2, 0) is 27.1 Å². The molecule has 0 bridgehead atoms. The van der Waals surface area contributed by atoms with Gasteiger partial charge in [0.25, 0.3) is 0 Å². The molecule has 5 rings (SSSR count).